The molecule has 0 fully saturated rings. The van der Waals surface area contributed by atoms with Crippen LogP contribution >= 0.6 is 15.9 Å². The van der Waals surface area contributed by atoms with Crippen molar-refractivity contribution >= 4 is 39.4 Å². The first-order valence-corrected chi connectivity index (χ1v) is 14.5. The number of aromatic hydroxyl groups is 2. The molecule has 0 amide bonds. The largest absolute Gasteiger partial charge is 0.504 e. The van der Waals surface area contributed by atoms with Gasteiger partial charge in [-0.05, 0) is 42.8 Å². The molecule has 2 N–H and O–H groups in total. The lowest BCUT2D eigenvalue weighted by Gasteiger charge is -2.20. The number of halogens is 1. The fraction of sp³-hybridized carbons (Fsp3) is 0.176. The van der Waals surface area contributed by atoms with Crippen molar-refractivity contribution < 1.29 is 38.9 Å². The van der Waals surface area contributed by atoms with E-state index in [4.69, 9.17) is 9.47 Å². The Hall–Kier alpha value is -4.76. The topological polar surface area (TPSA) is 127 Å². The Labute approximate surface area is 257 Å². The van der Waals surface area contributed by atoms with E-state index in [9.17, 15) is 29.4 Å². The van der Waals surface area contributed by atoms with Crippen molar-refractivity contribution in [3.63, 3.8) is 0 Å². The second-order valence-corrected chi connectivity index (χ2v) is 10.6. The minimum absolute atomic E-state index is 0.0233. The molecule has 0 bridgehead atoms. The molecule has 0 heterocycles. The molecule has 0 saturated heterocycles. The minimum Gasteiger partial charge on any atom is -0.504 e. The molecule has 9 heteroatoms. The summed E-state index contributed by atoms with van der Waals surface area (Å²) < 4.78 is 11.7. The lowest BCUT2D eigenvalue weighted by molar-refractivity contribution is 0.0489. The highest BCUT2D eigenvalue weighted by Crippen LogP contribution is 2.46. The highest BCUT2D eigenvalue weighted by Gasteiger charge is 2.37. The number of hydrogen-bond acceptors (Lipinski definition) is 8. The van der Waals surface area contributed by atoms with Crippen LogP contribution in [0.1, 0.15) is 85.2 Å². The summed E-state index contributed by atoms with van der Waals surface area (Å²) in [6, 6.07) is 21.6. The van der Waals surface area contributed by atoms with Gasteiger partial charge in [-0.3, -0.25) is 9.59 Å². The van der Waals surface area contributed by atoms with Crippen LogP contribution in [0.3, 0.4) is 0 Å². The summed E-state index contributed by atoms with van der Waals surface area (Å²) in [5, 5.41) is 22.4. The van der Waals surface area contributed by atoms with Crippen molar-refractivity contribution in [2.24, 2.45) is 0 Å². The average Bonchev–Trinajstić information content (AvgIpc) is 3.03. The zero-order valence-corrected chi connectivity index (χ0v) is 24.9. The van der Waals surface area contributed by atoms with E-state index < -0.39 is 57.4 Å². The molecule has 4 aromatic carbocycles. The lowest BCUT2D eigenvalue weighted by atomic mass is 9.88. The van der Waals surface area contributed by atoms with Gasteiger partial charge in [-0.1, -0.05) is 90.6 Å². The predicted octanol–water partition coefficient (Wildman–Crippen LogP) is 7.28. The number of hydrogen-bond donors (Lipinski definition) is 2. The molecule has 0 aliphatic rings. The Kier molecular flexibility index (Phi) is 10.5. The zero-order chi connectivity index (χ0) is 30.9. The maximum absolute atomic E-state index is 14.1. The van der Waals surface area contributed by atoms with Gasteiger partial charge in [-0.25, -0.2) is 9.59 Å². The van der Waals surface area contributed by atoms with Gasteiger partial charge in [0, 0.05) is 15.6 Å². The Morgan fingerprint density at radius 1 is 0.628 bits per heavy atom. The summed E-state index contributed by atoms with van der Waals surface area (Å²) in [5.41, 5.74) is -1.66. The third-order valence-corrected chi connectivity index (χ3v) is 7.17. The van der Waals surface area contributed by atoms with Gasteiger partial charge < -0.3 is 19.7 Å². The van der Waals surface area contributed by atoms with Crippen LogP contribution in [0.2, 0.25) is 0 Å². The fourth-order valence-corrected chi connectivity index (χ4v) is 4.68. The van der Waals surface area contributed by atoms with Crippen molar-refractivity contribution in [2.75, 3.05) is 6.61 Å². The quantitative estimate of drug-likeness (QED) is 0.0541. The summed E-state index contributed by atoms with van der Waals surface area (Å²) in [7, 11) is 0. The maximum atomic E-state index is 14.1. The average molecular weight is 646 g/mol. The lowest BCUT2D eigenvalue weighted by Crippen LogP contribution is -2.22. The molecule has 0 spiro atoms. The number of benzene rings is 4. The first-order chi connectivity index (χ1) is 20.7. The minimum atomic E-state index is -1.09. The van der Waals surface area contributed by atoms with Crippen LogP contribution in [0.4, 0.5) is 0 Å². The number of carbonyl (C=O) groups excluding carboxylic acids is 4. The van der Waals surface area contributed by atoms with Crippen molar-refractivity contribution in [1.29, 1.82) is 0 Å². The molecule has 0 aromatic heterocycles. The van der Waals surface area contributed by atoms with E-state index in [1.54, 1.807) is 48.5 Å². The third-order valence-electron chi connectivity index (χ3n) is 6.64. The summed E-state index contributed by atoms with van der Waals surface area (Å²) in [5.74, 6) is -6.62. The molecular weight excluding hydrogens is 616 g/mol. The normalized spacial score (nSPS) is 10.7. The van der Waals surface area contributed by atoms with Crippen LogP contribution in [0.15, 0.2) is 89.4 Å². The van der Waals surface area contributed by atoms with Crippen molar-refractivity contribution in [2.45, 2.75) is 32.6 Å². The van der Waals surface area contributed by atoms with Crippen LogP contribution in [0, 0.1) is 0 Å². The number of ketones is 2. The second-order valence-electron chi connectivity index (χ2n) is 9.63. The standard InChI is InChI=1S/C34H29BrO8/c1-2-3-4-11-20-42-34(41)25-26(28(36)21-12-7-5-8-13-21)30(38)31(39)32(43-33(40)23-14-9-6-10-15-23)27(25)29(37)22-16-18-24(35)19-17-22/h5-10,12-19,38-39H,2-4,11,20H2,1H3. The highest BCUT2D eigenvalue weighted by atomic mass is 79.9. The van der Waals surface area contributed by atoms with Gasteiger partial charge in [0.2, 0.25) is 5.75 Å². The molecule has 0 aliphatic carbocycles. The summed E-state index contributed by atoms with van der Waals surface area (Å²) in [6.07, 6.45) is 3.18. The summed E-state index contributed by atoms with van der Waals surface area (Å²) >= 11 is 3.31. The SMILES string of the molecule is CCCCCCOC(=O)c1c(C(=O)c2ccccc2)c(O)c(O)c(OC(=O)c2ccccc2)c1C(=O)c1ccc(Br)cc1. The van der Waals surface area contributed by atoms with Gasteiger partial charge in [0.1, 0.15) is 0 Å². The number of phenolic OH excluding ortho intramolecular Hbond substituents is 2. The number of phenols is 2. The van der Waals surface area contributed by atoms with E-state index >= 15 is 0 Å². The molecule has 0 aliphatic heterocycles. The maximum Gasteiger partial charge on any atom is 0.343 e. The number of esters is 2. The molecule has 0 atom stereocenters. The number of ether oxygens (including phenoxy) is 2. The molecule has 8 nitrogen and oxygen atoms in total. The first-order valence-electron chi connectivity index (χ1n) is 13.7. The Bertz CT molecular complexity index is 1630. The van der Waals surface area contributed by atoms with Crippen LogP contribution in [0.25, 0.3) is 0 Å². The zero-order valence-electron chi connectivity index (χ0n) is 23.3. The van der Waals surface area contributed by atoms with Crippen molar-refractivity contribution in [1.82, 2.24) is 0 Å². The molecule has 4 aromatic rings. The van der Waals surface area contributed by atoms with E-state index in [2.05, 4.69) is 15.9 Å². The Morgan fingerprint density at radius 3 is 1.79 bits per heavy atom. The van der Waals surface area contributed by atoms with Crippen LogP contribution < -0.4 is 4.74 Å². The van der Waals surface area contributed by atoms with Crippen LogP contribution in [-0.2, 0) is 4.74 Å². The Balaban J connectivity index is 1.97. The molecule has 0 saturated carbocycles. The molecular formula is C34H29BrO8. The molecule has 4 rings (SSSR count). The van der Waals surface area contributed by atoms with E-state index in [0.29, 0.717) is 10.9 Å². The number of rotatable bonds is 12. The summed E-state index contributed by atoms with van der Waals surface area (Å²) in [4.78, 5) is 54.7. The fourth-order valence-electron chi connectivity index (χ4n) is 4.41. The van der Waals surface area contributed by atoms with Crippen molar-refractivity contribution in [3.05, 3.63) is 123 Å². The molecule has 220 valence electrons. The Morgan fingerprint density at radius 2 is 1.19 bits per heavy atom. The smallest absolute Gasteiger partial charge is 0.343 e. The highest BCUT2D eigenvalue weighted by molar-refractivity contribution is 9.10. The van der Waals surface area contributed by atoms with Crippen LogP contribution in [-0.4, -0.2) is 40.3 Å². The third kappa shape index (κ3) is 7.18. The molecule has 0 unspecified atom stereocenters. The predicted molar refractivity (Wildman–Crippen MR) is 163 cm³/mol. The van der Waals surface area contributed by atoms with Crippen molar-refractivity contribution in [3.8, 4) is 17.2 Å². The van der Waals surface area contributed by atoms with E-state index in [-0.39, 0.29) is 23.3 Å². The molecule has 43 heavy (non-hydrogen) atoms. The first kappa shape index (κ1) is 31.2. The second kappa shape index (κ2) is 14.4. The molecule has 0 radical (unpaired) electrons. The monoisotopic (exact) mass is 644 g/mol. The van der Waals surface area contributed by atoms with Gasteiger partial charge in [-0.15, -0.1) is 0 Å². The van der Waals surface area contributed by atoms with E-state index in [1.807, 2.05) is 6.92 Å². The van der Waals surface area contributed by atoms with Gasteiger partial charge in [0.05, 0.1) is 28.9 Å². The number of unbranched alkanes of at least 4 members (excludes halogenated alkanes) is 3. The van der Waals surface area contributed by atoms with Crippen LogP contribution in [0.5, 0.6) is 17.2 Å². The van der Waals surface area contributed by atoms with E-state index in [1.165, 1.54) is 36.4 Å². The van der Waals surface area contributed by atoms with Gasteiger partial charge >= 0.3 is 11.9 Å². The summed E-state index contributed by atoms with van der Waals surface area (Å²) in [6.45, 7) is 2.01. The van der Waals surface area contributed by atoms with Gasteiger partial charge in [-0.2, -0.15) is 0 Å². The van der Waals surface area contributed by atoms with E-state index in [0.717, 1.165) is 19.3 Å². The number of carbonyl (C=O) groups is 4. The van der Waals surface area contributed by atoms with Gasteiger partial charge in [0.15, 0.2) is 23.1 Å². The van der Waals surface area contributed by atoms with Gasteiger partial charge in [0.25, 0.3) is 0 Å².